The first-order valence-electron chi connectivity index (χ1n) is 28.7. The van der Waals surface area contributed by atoms with E-state index in [9.17, 15) is 0 Å². The summed E-state index contributed by atoms with van der Waals surface area (Å²) in [6.07, 6.45) is 0. The third kappa shape index (κ3) is 6.25. The molecule has 4 aliphatic rings. The number of para-hydroxylation sites is 2. The van der Waals surface area contributed by atoms with Crippen molar-refractivity contribution in [3.8, 4) is 44.5 Å². The first-order chi connectivity index (χ1) is 38.7. The van der Waals surface area contributed by atoms with Crippen molar-refractivity contribution in [1.82, 2.24) is 0 Å². The maximum Gasteiger partial charge on any atom is 0.0550 e. The van der Waals surface area contributed by atoms with Crippen LogP contribution in [0.4, 0.5) is 34.1 Å². The molecule has 0 aromatic heterocycles. The molecule has 2 heteroatoms. The molecule has 12 aromatic rings. The van der Waals surface area contributed by atoms with Crippen molar-refractivity contribution >= 4 is 66.4 Å². The second-order valence-electron chi connectivity index (χ2n) is 25.2. The Morgan fingerprint density at radius 3 is 1.11 bits per heavy atom. The van der Waals surface area contributed by atoms with Gasteiger partial charge >= 0.3 is 0 Å². The molecule has 80 heavy (non-hydrogen) atoms. The molecule has 0 aliphatic heterocycles. The molecule has 0 radical (unpaired) electrons. The smallest absolute Gasteiger partial charge is 0.0550 e. The Hall–Kier alpha value is -8.98. The summed E-state index contributed by atoms with van der Waals surface area (Å²) >= 11 is 0. The van der Waals surface area contributed by atoms with Crippen LogP contribution in [-0.2, 0) is 21.7 Å². The summed E-state index contributed by atoms with van der Waals surface area (Å²) in [6.45, 7) is 19.4. The van der Waals surface area contributed by atoms with Gasteiger partial charge in [-0.2, -0.15) is 0 Å². The van der Waals surface area contributed by atoms with E-state index in [1.807, 2.05) is 0 Å². The fourth-order valence-corrected chi connectivity index (χ4v) is 15.5. The van der Waals surface area contributed by atoms with E-state index in [1.54, 1.807) is 0 Å². The summed E-state index contributed by atoms with van der Waals surface area (Å²) < 4.78 is 0. The number of rotatable bonds is 6. The fourth-order valence-electron chi connectivity index (χ4n) is 15.5. The van der Waals surface area contributed by atoms with Gasteiger partial charge < -0.3 is 9.80 Å². The second-order valence-corrected chi connectivity index (χ2v) is 25.2. The van der Waals surface area contributed by atoms with Gasteiger partial charge in [-0.15, -0.1) is 0 Å². The Morgan fingerprint density at radius 2 is 0.588 bits per heavy atom. The van der Waals surface area contributed by atoms with E-state index in [4.69, 9.17) is 0 Å². The van der Waals surface area contributed by atoms with E-state index in [0.29, 0.717) is 0 Å². The monoisotopic (exact) mass is 1030 g/mol. The van der Waals surface area contributed by atoms with Crippen molar-refractivity contribution in [1.29, 1.82) is 0 Å². The van der Waals surface area contributed by atoms with Crippen LogP contribution in [-0.4, -0.2) is 0 Å². The zero-order valence-corrected chi connectivity index (χ0v) is 46.8. The van der Waals surface area contributed by atoms with Gasteiger partial charge in [0.2, 0.25) is 0 Å². The van der Waals surface area contributed by atoms with Gasteiger partial charge in [0.1, 0.15) is 0 Å². The lowest BCUT2D eigenvalue weighted by atomic mass is 9.77. The highest BCUT2D eigenvalue weighted by Crippen LogP contribution is 2.62. The summed E-state index contributed by atoms with van der Waals surface area (Å²) in [7, 11) is 0. The minimum Gasteiger partial charge on any atom is -0.310 e. The topological polar surface area (TPSA) is 6.48 Å². The van der Waals surface area contributed by atoms with Gasteiger partial charge in [0.15, 0.2) is 0 Å². The lowest BCUT2D eigenvalue weighted by molar-refractivity contribution is 0.639. The maximum absolute atomic E-state index is 2.61. The molecular formula is C78H62N2. The Morgan fingerprint density at radius 1 is 0.225 bits per heavy atom. The Balaban J connectivity index is 0.913. The number of anilines is 6. The van der Waals surface area contributed by atoms with Gasteiger partial charge in [-0.1, -0.05) is 213 Å². The van der Waals surface area contributed by atoms with Crippen molar-refractivity contribution in [2.24, 2.45) is 0 Å². The Labute approximate surface area is 470 Å². The number of fused-ring (bicyclic) bond motifs is 19. The quantitative estimate of drug-likeness (QED) is 0.153. The predicted molar refractivity (Wildman–Crippen MR) is 339 cm³/mol. The van der Waals surface area contributed by atoms with Crippen LogP contribution < -0.4 is 9.80 Å². The third-order valence-corrected chi connectivity index (χ3v) is 19.6. The summed E-state index contributed by atoms with van der Waals surface area (Å²) in [6, 6.07) is 87.7. The first kappa shape index (κ1) is 47.1. The molecule has 4 aliphatic carbocycles. The molecule has 0 N–H and O–H groups in total. The number of benzene rings is 12. The van der Waals surface area contributed by atoms with Crippen LogP contribution in [0.2, 0.25) is 0 Å². The molecule has 16 rings (SSSR count). The third-order valence-electron chi connectivity index (χ3n) is 19.6. The molecule has 0 amide bonds. The van der Waals surface area contributed by atoms with Crippen LogP contribution in [0.3, 0.4) is 0 Å². The molecule has 2 nitrogen and oxygen atoms in total. The highest BCUT2D eigenvalue weighted by atomic mass is 15.1. The van der Waals surface area contributed by atoms with Crippen molar-refractivity contribution in [3.05, 3.63) is 275 Å². The van der Waals surface area contributed by atoms with Crippen molar-refractivity contribution in [2.75, 3.05) is 9.80 Å². The van der Waals surface area contributed by atoms with E-state index >= 15 is 0 Å². The number of hydrogen-bond acceptors (Lipinski definition) is 2. The zero-order chi connectivity index (χ0) is 54.2. The van der Waals surface area contributed by atoms with Crippen LogP contribution in [0, 0.1) is 0 Å². The van der Waals surface area contributed by atoms with Gasteiger partial charge in [0.25, 0.3) is 0 Å². The van der Waals surface area contributed by atoms with Crippen LogP contribution >= 0.6 is 0 Å². The van der Waals surface area contributed by atoms with E-state index in [1.165, 1.54) is 138 Å². The standard InChI is InChI=1S/C78H62N2/c1-75(2)63-33-21-19-29-54(63)56-38-35-49(41-65(56)75)79(47-23-11-9-12-24-47)50-36-40-58-61-44-62-69(45-68(61)77(5,6)67(58)42-50)78(7,8)70-46-71(73-59-31-17-15-27-52(59)53-28-16-18-32-60(53)74(73)72(62)70)80(48-25-13-10-14-26-48)51-37-39-57-55-30-20-22-34-64(55)76(3,4)66(57)43-51/h9-46H,1-8H3. The van der Waals surface area contributed by atoms with Crippen molar-refractivity contribution in [3.63, 3.8) is 0 Å². The molecule has 0 fully saturated rings. The molecule has 0 atom stereocenters. The van der Waals surface area contributed by atoms with Crippen LogP contribution in [0.15, 0.2) is 231 Å². The van der Waals surface area contributed by atoms with Gasteiger partial charge in [0, 0.05) is 60.9 Å². The molecule has 0 unspecified atom stereocenters. The van der Waals surface area contributed by atoms with Crippen LogP contribution in [0.25, 0.3) is 76.8 Å². The first-order valence-corrected chi connectivity index (χ1v) is 28.7. The minimum absolute atomic E-state index is 0.112. The van der Waals surface area contributed by atoms with E-state index < -0.39 is 0 Å². The summed E-state index contributed by atoms with van der Waals surface area (Å²) in [5, 5.41) is 7.70. The van der Waals surface area contributed by atoms with E-state index in [0.717, 1.165) is 17.1 Å². The molecule has 384 valence electrons. The Bertz CT molecular complexity index is 4650. The predicted octanol–water partition coefficient (Wildman–Crippen LogP) is 21.3. The second kappa shape index (κ2) is 16.3. The highest BCUT2D eigenvalue weighted by molar-refractivity contribution is 6.33. The number of hydrogen-bond donors (Lipinski definition) is 0. The highest BCUT2D eigenvalue weighted by Gasteiger charge is 2.45. The molecule has 0 spiro atoms. The van der Waals surface area contributed by atoms with Gasteiger partial charge in [-0.3, -0.25) is 0 Å². The minimum atomic E-state index is -0.333. The number of nitrogens with zero attached hydrogens (tertiary/aromatic N) is 2. The fraction of sp³-hybridized carbons (Fsp3) is 0.154. The molecule has 12 aromatic carbocycles. The average molecular weight is 1030 g/mol. The zero-order valence-electron chi connectivity index (χ0n) is 46.8. The summed E-state index contributed by atoms with van der Waals surface area (Å²) in [4.78, 5) is 5.04. The molecule has 0 heterocycles. The van der Waals surface area contributed by atoms with Gasteiger partial charge in [-0.05, 0) is 183 Å². The summed E-state index contributed by atoms with van der Waals surface area (Å²) in [5.74, 6) is 0. The lowest BCUT2D eigenvalue weighted by Crippen LogP contribution is -2.20. The van der Waals surface area contributed by atoms with E-state index in [-0.39, 0.29) is 21.7 Å². The summed E-state index contributed by atoms with van der Waals surface area (Å²) in [5.41, 5.74) is 27.8. The maximum atomic E-state index is 2.61. The lowest BCUT2D eigenvalue weighted by Gasteiger charge is -2.32. The average Bonchev–Trinajstić information content (AvgIpc) is 2.75. The normalized spacial score (nSPS) is 15.7. The van der Waals surface area contributed by atoms with E-state index in [2.05, 4.69) is 296 Å². The van der Waals surface area contributed by atoms with Gasteiger partial charge in [0.05, 0.1) is 5.69 Å². The largest absolute Gasteiger partial charge is 0.310 e. The van der Waals surface area contributed by atoms with Crippen molar-refractivity contribution in [2.45, 2.75) is 77.0 Å². The van der Waals surface area contributed by atoms with Gasteiger partial charge in [-0.25, -0.2) is 0 Å². The molecular weight excluding hydrogens is 965 g/mol. The van der Waals surface area contributed by atoms with Crippen LogP contribution in [0.5, 0.6) is 0 Å². The molecule has 0 saturated carbocycles. The Kier molecular flexibility index (Phi) is 9.59. The SMILES string of the molecule is CC1(C)c2ccccc2-c2ccc(N(c3ccccc3)c3ccc4c(c3)C(C)(C)c3cc5c(cc3-4)-c3c(cc(N(c4ccccc4)c4ccc6c(c4)C(C)(C)c4ccccc4-6)c4c6ccccc6c6ccccc6c34)C5(C)C)cc21. The molecule has 0 bridgehead atoms. The van der Waals surface area contributed by atoms with Crippen LogP contribution in [0.1, 0.15) is 99.9 Å². The van der Waals surface area contributed by atoms with Crippen molar-refractivity contribution < 1.29 is 0 Å². The molecule has 0 saturated heterocycles.